The summed E-state index contributed by atoms with van der Waals surface area (Å²) < 4.78 is 12.6. The largest absolute Gasteiger partial charge is 0.456 e. The molecule has 0 amide bonds. The molecule has 0 unspecified atom stereocenters. The number of hydrogen-bond acceptors (Lipinski definition) is 4. The van der Waals surface area contributed by atoms with Gasteiger partial charge in [0, 0.05) is 39.3 Å². The van der Waals surface area contributed by atoms with Crippen LogP contribution < -0.4 is 4.90 Å². The lowest BCUT2D eigenvalue weighted by Gasteiger charge is -2.28. The molecule has 0 bridgehead atoms. The molecule has 11 aromatic rings. The molecular formula is C55H36N2O2. The Balaban J connectivity index is 1.01. The van der Waals surface area contributed by atoms with Gasteiger partial charge in [-0.1, -0.05) is 158 Å². The van der Waals surface area contributed by atoms with E-state index in [0.29, 0.717) is 11.5 Å². The molecule has 0 aliphatic rings. The zero-order valence-corrected chi connectivity index (χ0v) is 32.0. The van der Waals surface area contributed by atoms with Gasteiger partial charge in [0.05, 0.1) is 5.69 Å². The first kappa shape index (κ1) is 34.3. The molecule has 0 aliphatic heterocycles. The first-order valence-electron chi connectivity index (χ1n) is 19.9. The molecule has 2 aromatic heterocycles. The molecule has 0 spiro atoms. The number of fused-ring (bicyclic) bond motifs is 4. The second-order valence-electron chi connectivity index (χ2n) is 14.7. The van der Waals surface area contributed by atoms with Gasteiger partial charge in [-0.2, -0.15) is 0 Å². The quantitative estimate of drug-likeness (QED) is 0.155. The van der Waals surface area contributed by atoms with E-state index < -0.39 is 0 Å². The maximum atomic E-state index is 6.45. The molecule has 11 rings (SSSR count). The van der Waals surface area contributed by atoms with Crippen LogP contribution in [0.25, 0.3) is 89.0 Å². The van der Waals surface area contributed by atoms with Crippen LogP contribution >= 0.6 is 0 Å². The maximum absolute atomic E-state index is 6.45. The van der Waals surface area contributed by atoms with Crippen LogP contribution in [0.15, 0.2) is 227 Å². The average molecular weight is 757 g/mol. The monoisotopic (exact) mass is 756 g/mol. The second-order valence-corrected chi connectivity index (χ2v) is 14.7. The highest BCUT2D eigenvalue weighted by atomic mass is 16.4. The van der Waals surface area contributed by atoms with Crippen molar-refractivity contribution in [2.24, 2.45) is 0 Å². The molecule has 0 N–H and O–H groups in total. The molecule has 0 fully saturated rings. The van der Waals surface area contributed by atoms with Gasteiger partial charge in [0.2, 0.25) is 5.89 Å². The van der Waals surface area contributed by atoms with Gasteiger partial charge in [0.1, 0.15) is 16.7 Å². The summed E-state index contributed by atoms with van der Waals surface area (Å²) in [7, 11) is 0. The van der Waals surface area contributed by atoms with Gasteiger partial charge in [-0.15, -0.1) is 0 Å². The van der Waals surface area contributed by atoms with Crippen LogP contribution in [0.3, 0.4) is 0 Å². The summed E-state index contributed by atoms with van der Waals surface area (Å²) in [4.78, 5) is 7.23. The summed E-state index contributed by atoms with van der Waals surface area (Å²) in [5.74, 6) is 0.596. The Morgan fingerprint density at radius 2 is 0.831 bits per heavy atom. The summed E-state index contributed by atoms with van der Waals surface area (Å²) in [5.41, 5.74) is 16.5. The van der Waals surface area contributed by atoms with Crippen molar-refractivity contribution in [3.63, 3.8) is 0 Å². The average Bonchev–Trinajstić information content (AvgIpc) is 3.91. The number of oxazole rings is 1. The Labute approximate surface area is 341 Å². The Hall–Kier alpha value is -7.95. The summed E-state index contributed by atoms with van der Waals surface area (Å²) in [6.07, 6.45) is 0. The number of benzene rings is 9. The lowest BCUT2D eigenvalue weighted by atomic mass is 9.97. The fourth-order valence-electron chi connectivity index (χ4n) is 8.23. The number of para-hydroxylation sites is 1. The maximum Gasteiger partial charge on any atom is 0.227 e. The highest BCUT2D eigenvalue weighted by Gasteiger charge is 2.20. The van der Waals surface area contributed by atoms with E-state index in [1.807, 2.05) is 42.5 Å². The van der Waals surface area contributed by atoms with Crippen molar-refractivity contribution in [1.29, 1.82) is 0 Å². The van der Waals surface area contributed by atoms with Crippen LogP contribution in [-0.4, -0.2) is 4.98 Å². The molecule has 0 saturated heterocycles. The molecule has 4 nitrogen and oxygen atoms in total. The SMILES string of the molecule is c1ccc(-c2ccc(-c3ccccc3N(c3ccc(-c4ccccc4)cc3)c3ccc(-c4cccc5oc6cc7oc(-c8ccccc8)nc7cc6c45)cc3)cc2)cc1. The molecule has 2 heterocycles. The third kappa shape index (κ3) is 6.34. The van der Waals surface area contributed by atoms with Crippen molar-refractivity contribution in [3.8, 4) is 56.0 Å². The zero-order valence-electron chi connectivity index (χ0n) is 32.0. The molecular weight excluding hydrogens is 721 g/mol. The first-order valence-corrected chi connectivity index (χ1v) is 19.9. The van der Waals surface area contributed by atoms with Crippen LogP contribution in [0.1, 0.15) is 0 Å². The minimum Gasteiger partial charge on any atom is -0.456 e. The molecule has 59 heavy (non-hydrogen) atoms. The van der Waals surface area contributed by atoms with Gasteiger partial charge < -0.3 is 13.7 Å². The smallest absolute Gasteiger partial charge is 0.227 e. The van der Waals surface area contributed by atoms with Gasteiger partial charge in [0.15, 0.2) is 5.58 Å². The fourth-order valence-corrected chi connectivity index (χ4v) is 8.23. The third-order valence-electron chi connectivity index (χ3n) is 11.1. The van der Waals surface area contributed by atoms with Crippen molar-refractivity contribution < 1.29 is 8.83 Å². The first-order chi connectivity index (χ1) is 29.2. The summed E-state index contributed by atoms with van der Waals surface area (Å²) in [6.45, 7) is 0. The highest BCUT2D eigenvalue weighted by Crippen LogP contribution is 2.44. The van der Waals surface area contributed by atoms with E-state index in [2.05, 4.69) is 181 Å². The van der Waals surface area contributed by atoms with Gasteiger partial charge in [-0.25, -0.2) is 4.98 Å². The van der Waals surface area contributed by atoms with E-state index in [-0.39, 0.29) is 0 Å². The van der Waals surface area contributed by atoms with Gasteiger partial charge in [-0.3, -0.25) is 0 Å². The molecule has 0 atom stereocenters. The molecule has 9 aromatic carbocycles. The van der Waals surface area contributed by atoms with Crippen molar-refractivity contribution >= 4 is 50.1 Å². The number of aromatic nitrogens is 1. The fraction of sp³-hybridized carbons (Fsp3) is 0. The summed E-state index contributed by atoms with van der Waals surface area (Å²) in [6, 6.07) is 76.6. The van der Waals surface area contributed by atoms with E-state index in [1.165, 1.54) is 22.3 Å². The van der Waals surface area contributed by atoms with Gasteiger partial charge >= 0.3 is 0 Å². The number of hydrogen-bond donors (Lipinski definition) is 0. The van der Waals surface area contributed by atoms with Crippen molar-refractivity contribution in [3.05, 3.63) is 218 Å². The number of nitrogens with zero attached hydrogens (tertiary/aromatic N) is 2. The Morgan fingerprint density at radius 3 is 1.47 bits per heavy atom. The third-order valence-corrected chi connectivity index (χ3v) is 11.1. The van der Waals surface area contributed by atoms with E-state index in [1.54, 1.807) is 0 Å². The second kappa shape index (κ2) is 14.5. The van der Waals surface area contributed by atoms with Crippen LogP contribution in [0, 0.1) is 0 Å². The number of rotatable bonds is 8. The Kier molecular flexibility index (Phi) is 8.45. The lowest BCUT2D eigenvalue weighted by Crippen LogP contribution is -2.11. The predicted molar refractivity (Wildman–Crippen MR) is 243 cm³/mol. The van der Waals surface area contributed by atoms with E-state index in [4.69, 9.17) is 13.8 Å². The molecule has 0 saturated carbocycles. The molecule has 278 valence electrons. The van der Waals surface area contributed by atoms with Crippen LogP contribution in [0.5, 0.6) is 0 Å². The van der Waals surface area contributed by atoms with E-state index in [9.17, 15) is 0 Å². The molecule has 4 heteroatoms. The molecule has 0 aliphatic carbocycles. The highest BCUT2D eigenvalue weighted by molar-refractivity contribution is 6.15. The zero-order chi connectivity index (χ0) is 39.1. The summed E-state index contributed by atoms with van der Waals surface area (Å²) >= 11 is 0. The Bertz CT molecular complexity index is 3220. The van der Waals surface area contributed by atoms with Crippen LogP contribution in [-0.2, 0) is 0 Å². The van der Waals surface area contributed by atoms with Crippen molar-refractivity contribution in [2.45, 2.75) is 0 Å². The van der Waals surface area contributed by atoms with Crippen molar-refractivity contribution in [1.82, 2.24) is 4.98 Å². The predicted octanol–water partition coefficient (Wildman–Crippen LogP) is 15.5. The van der Waals surface area contributed by atoms with Crippen LogP contribution in [0.4, 0.5) is 17.1 Å². The van der Waals surface area contributed by atoms with Crippen LogP contribution in [0.2, 0.25) is 0 Å². The summed E-state index contributed by atoms with van der Waals surface area (Å²) in [5, 5.41) is 2.06. The minimum absolute atomic E-state index is 0.596. The van der Waals surface area contributed by atoms with Gasteiger partial charge in [-0.05, 0) is 93.5 Å². The van der Waals surface area contributed by atoms with E-state index in [0.717, 1.165) is 72.3 Å². The topological polar surface area (TPSA) is 42.4 Å². The molecule has 0 radical (unpaired) electrons. The number of anilines is 3. The normalized spacial score (nSPS) is 11.4. The van der Waals surface area contributed by atoms with Gasteiger partial charge in [0.25, 0.3) is 0 Å². The standard InChI is InChI=1S/C55H36N2O2/c1-4-13-37(14-5-1)39-23-25-41(26-24-39)46-19-10-11-21-50(46)57(44-31-27-40(28-32-44)38-15-6-2-7-16-38)45-33-29-42(30-34-45)47-20-12-22-51-54(47)48-35-49-53(36-52(48)58-51)59-55(56-49)43-17-8-3-9-18-43/h1-36H. The Morgan fingerprint density at radius 1 is 0.339 bits per heavy atom. The number of furan rings is 1. The minimum atomic E-state index is 0.596. The lowest BCUT2D eigenvalue weighted by molar-refractivity contribution is 0.617. The van der Waals surface area contributed by atoms with E-state index >= 15 is 0 Å². The van der Waals surface area contributed by atoms with Crippen molar-refractivity contribution in [2.75, 3.05) is 4.90 Å².